The summed E-state index contributed by atoms with van der Waals surface area (Å²) in [7, 11) is 1.57. The van der Waals surface area contributed by atoms with Crippen molar-refractivity contribution >= 4 is 18.0 Å². The number of amides is 2. The molecule has 0 aliphatic carbocycles. The van der Waals surface area contributed by atoms with Gasteiger partial charge >= 0.3 is 5.91 Å². The Morgan fingerprint density at radius 2 is 1.70 bits per heavy atom. The third-order valence-corrected chi connectivity index (χ3v) is 3.53. The van der Waals surface area contributed by atoms with Gasteiger partial charge in [-0.2, -0.15) is 10.1 Å². The van der Waals surface area contributed by atoms with Gasteiger partial charge in [0.15, 0.2) is 0 Å². The number of nitrogens with zero attached hydrogens (tertiary/aromatic N) is 5. The van der Waals surface area contributed by atoms with Crippen LogP contribution in [0.15, 0.2) is 72.5 Å². The van der Waals surface area contributed by atoms with E-state index in [9.17, 15) is 9.59 Å². The number of ether oxygens (including phenoxy) is 1. The maximum Gasteiger partial charge on any atom is 0.301 e. The first kappa shape index (κ1) is 17.9. The number of imide groups is 1. The molecule has 1 aromatic carbocycles. The van der Waals surface area contributed by atoms with E-state index in [1.54, 1.807) is 31.4 Å². The van der Waals surface area contributed by atoms with Crippen LogP contribution in [-0.4, -0.2) is 45.1 Å². The van der Waals surface area contributed by atoms with Gasteiger partial charge in [0.25, 0.3) is 5.91 Å². The second-order valence-electron chi connectivity index (χ2n) is 5.27. The van der Waals surface area contributed by atoms with Gasteiger partial charge in [0.05, 0.1) is 19.5 Å². The van der Waals surface area contributed by atoms with Crippen LogP contribution in [-0.2, 0) is 0 Å². The summed E-state index contributed by atoms with van der Waals surface area (Å²) in [6, 6.07) is 10.0. The molecule has 27 heavy (non-hydrogen) atoms. The second-order valence-corrected chi connectivity index (χ2v) is 5.27. The molecule has 8 nitrogen and oxygen atoms in total. The third kappa shape index (κ3) is 4.37. The molecule has 2 amide bonds. The molecule has 3 rings (SSSR count). The maximum atomic E-state index is 12.8. The Labute approximate surface area is 155 Å². The number of methoxy groups -OCH3 is 1. The van der Waals surface area contributed by atoms with Gasteiger partial charge in [-0.25, -0.2) is 4.98 Å². The van der Waals surface area contributed by atoms with Crippen LogP contribution in [0.3, 0.4) is 0 Å². The van der Waals surface area contributed by atoms with Gasteiger partial charge in [-0.1, -0.05) is 0 Å². The molecule has 2 heterocycles. The Kier molecular flexibility index (Phi) is 5.58. The summed E-state index contributed by atoms with van der Waals surface area (Å²) >= 11 is 0. The number of rotatable bonds is 5. The fraction of sp³-hybridized carbons (Fsp3) is 0.0526. The van der Waals surface area contributed by atoms with Gasteiger partial charge in [0.2, 0.25) is 0 Å². The molecule has 0 atom stereocenters. The standard InChI is InChI=1S/C19H15N5O3/c1-27-16-4-2-14(3-5-16)12-23-24(18(25)15-6-8-20-9-7-15)19(26)17-13-21-10-11-22-17/h2-13H,1H3/b23-12+. The first-order valence-corrected chi connectivity index (χ1v) is 7.92. The van der Waals surface area contributed by atoms with Gasteiger partial charge in [-0.15, -0.1) is 0 Å². The third-order valence-electron chi connectivity index (χ3n) is 3.53. The Bertz CT molecular complexity index is 893. The van der Waals surface area contributed by atoms with E-state index in [4.69, 9.17) is 4.74 Å². The van der Waals surface area contributed by atoms with Crippen molar-refractivity contribution in [2.24, 2.45) is 5.10 Å². The fourth-order valence-corrected chi connectivity index (χ4v) is 2.15. The van der Waals surface area contributed by atoms with E-state index in [-0.39, 0.29) is 11.3 Å². The SMILES string of the molecule is COc1ccc(/C=N/N(C(=O)c2ccncc2)C(=O)c2cnccn2)cc1. The molecule has 8 heteroatoms. The van der Waals surface area contributed by atoms with Crippen molar-refractivity contribution in [3.63, 3.8) is 0 Å². The van der Waals surface area contributed by atoms with Gasteiger partial charge in [-0.3, -0.25) is 19.6 Å². The summed E-state index contributed by atoms with van der Waals surface area (Å²) in [5.74, 6) is -0.597. The minimum atomic E-state index is -0.685. The van der Waals surface area contributed by atoms with Crippen LogP contribution in [0.25, 0.3) is 0 Å². The average molecular weight is 361 g/mol. The highest BCUT2D eigenvalue weighted by Gasteiger charge is 2.25. The molecule has 0 unspecified atom stereocenters. The van der Waals surface area contributed by atoms with E-state index < -0.39 is 11.8 Å². The molecule has 2 aromatic heterocycles. The van der Waals surface area contributed by atoms with Crippen LogP contribution in [0.1, 0.15) is 26.4 Å². The summed E-state index contributed by atoms with van der Waals surface area (Å²) in [5.41, 5.74) is 0.969. The quantitative estimate of drug-likeness (QED) is 0.392. The Hall–Kier alpha value is -3.94. The van der Waals surface area contributed by atoms with E-state index in [2.05, 4.69) is 20.1 Å². The number of aromatic nitrogens is 3. The number of pyridine rings is 1. The Morgan fingerprint density at radius 3 is 2.33 bits per heavy atom. The lowest BCUT2D eigenvalue weighted by Gasteiger charge is -2.14. The number of benzene rings is 1. The highest BCUT2D eigenvalue weighted by molar-refractivity contribution is 6.09. The minimum absolute atomic E-state index is 0.00628. The van der Waals surface area contributed by atoms with Crippen molar-refractivity contribution in [3.8, 4) is 5.75 Å². The van der Waals surface area contributed by atoms with Crippen molar-refractivity contribution in [1.82, 2.24) is 20.0 Å². The number of hydrazone groups is 1. The van der Waals surface area contributed by atoms with Crippen LogP contribution in [0.2, 0.25) is 0 Å². The van der Waals surface area contributed by atoms with E-state index in [1.807, 2.05) is 0 Å². The Balaban J connectivity index is 1.92. The lowest BCUT2D eigenvalue weighted by atomic mass is 10.2. The average Bonchev–Trinajstić information content (AvgIpc) is 2.75. The molecular weight excluding hydrogens is 346 g/mol. The van der Waals surface area contributed by atoms with Crippen molar-refractivity contribution < 1.29 is 14.3 Å². The predicted molar refractivity (Wildman–Crippen MR) is 97.4 cm³/mol. The summed E-state index contributed by atoms with van der Waals surface area (Å²) in [6.45, 7) is 0. The van der Waals surface area contributed by atoms with Gasteiger partial charge in [0, 0.05) is 30.4 Å². The molecule has 0 bridgehead atoms. The van der Waals surface area contributed by atoms with E-state index in [1.165, 1.54) is 49.3 Å². The molecule has 0 aliphatic heterocycles. The summed E-state index contributed by atoms with van der Waals surface area (Å²) < 4.78 is 5.10. The van der Waals surface area contributed by atoms with Crippen LogP contribution in [0.4, 0.5) is 0 Å². The number of carbonyl (C=O) groups is 2. The van der Waals surface area contributed by atoms with E-state index >= 15 is 0 Å². The van der Waals surface area contributed by atoms with E-state index in [0.717, 1.165) is 5.01 Å². The molecule has 134 valence electrons. The summed E-state index contributed by atoms with van der Waals surface area (Å²) in [6.07, 6.45) is 8.42. The van der Waals surface area contributed by atoms with Crippen molar-refractivity contribution in [2.45, 2.75) is 0 Å². The van der Waals surface area contributed by atoms with Crippen LogP contribution < -0.4 is 4.74 Å². The zero-order chi connectivity index (χ0) is 19.1. The Morgan fingerprint density at radius 1 is 0.963 bits per heavy atom. The minimum Gasteiger partial charge on any atom is -0.497 e. The smallest absolute Gasteiger partial charge is 0.301 e. The zero-order valence-electron chi connectivity index (χ0n) is 14.4. The molecule has 0 spiro atoms. The second kappa shape index (κ2) is 8.43. The van der Waals surface area contributed by atoms with Crippen molar-refractivity contribution in [2.75, 3.05) is 7.11 Å². The number of hydrogen-bond acceptors (Lipinski definition) is 7. The van der Waals surface area contributed by atoms with Crippen LogP contribution >= 0.6 is 0 Å². The summed E-state index contributed by atoms with van der Waals surface area (Å²) in [5, 5.41) is 4.84. The monoisotopic (exact) mass is 361 g/mol. The van der Waals surface area contributed by atoms with E-state index in [0.29, 0.717) is 11.3 Å². The molecule has 0 radical (unpaired) electrons. The lowest BCUT2D eigenvalue weighted by Crippen LogP contribution is -2.33. The molecule has 0 saturated carbocycles. The highest BCUT2D eigenvalue weighted by atomic mass is 16.5. The maximum absolute atomic E-state index is 12.8. The summed E-state index contributed by atoms with van der Waals surface area (Å²) in [4.78, 5) is 37.2. The lowest BCUT2D eigenvalue weighted by molar-refractivity contribution is 0.0618. The normalized spacial score (nSPS) is 10.6. The number of hydrogen-bond donors (Lipinski definition) is 0. The number of carbonyl (C=O) groups excluding carboxylic acids is 2. The van der Waals surface area contributed by atoms with Crippen molar-refractivity contribution in [3.05, 3.63) is 84.2 Å². The van der Waals surface area contributed by atoms with Gasteiger partial charge < -0.3 is 4.74 Å². The largest absolute Gasteiger partial charge is 0.497 e. The molecule has 3 aromatic rings. The molecular formula is C19H15N5O3. The molecule has 0 aliphatic rings. The van der Waals surface area contributed by atoms with Crippen molar-refractivity contribution in [1.29, 1.82) is 0 Å². The molecule has 0 fully saturated rings. The fourth-order valence-electron chi connectivity index (χ4n) is 2.15. The van der Waals surface area contributed by atoms with Crippen LogP contribution in [0.5, 0.6) is 5.75 Å². The van der Waals surface area contributed by atoms with Gasteiger partial charge in [-0.05, 0) is 42.0 Å². The first-order valence-electron chi connectivity index (χ1n) is 7.92. The predicted octanol–water partition coefficient (Wildman–Crippen LogP) is 2.20. The highest BCUT2D eigenvalue weighted by Crippen LogP contribution is 2.12. The topological polar surface area (TPSA) is 97.6 Å². The van der Waals surface area contributed by atoms with Crippen LogP contribution in [0, 0.1) is 0 Å². The molecule has 0 N–H and O–H groups in total. The van der Waals surface area contributed by atoms with Gasteiger partial charge in [0.1, 0.15) is 11.4 Å². The molecule has 0 saturated heterocycles. The zero-order valence-corrected chi connectivity index (χ0v) is 14.4. The first-order chi connectivity index (χ1) is 13.2.